The Labute approximate surface area is 136 Å². The Morgan fingerprint density at radius 2 is 2.05 bits per heavy atom. The molecule has 5 nitrogen and oxygen atoms in total. The molecule has 0 radical (unpaired) electrons. The van der Waals surface area contributed by atoms with Gasteiger partial charge in [-0.15, -0.1) is 0 Å². The van der Waals surface area contributed by atoms with Crippen LogP contribution in [0.3, 0.4) is 0 Å². The fourth-order valence-corrected chi connectivity index (χ4v) is 2.06. The van der Waals surface area contributed by atoms with Gasteiger partial charge in [0.25, 0.3) is 5.91 Å². The first-order valence-corrected chi connectivity index (χ1v) is 7.31. The predicted octanol–water partition coefficient (Wildman–Crippen LogP) is 2.16. The summed E-state index contributed by atoms with van der Waals surface area (Å²) in [5.41, 5.74) is 1.31. The zero-order valence-corrected chi connectivity index (χ0v) is 12.9. The third-order valence-electron chi connectivity index (χ3n) is 3.11. The lowest BCUT2D eigenvalue weighted by Crippen LogP contribution is -2.43. The fourth-order valence-electron chi connectivity index (χ4n) is 1.94. The topological polar surface area (TPSA) is 67.2 Å². The quantitative estimate of drug-likeness (QED) is 0.788. The minimum atomic E-state index is -1.31. The van der Waals surface area contributed by atoms with Crippen molar-refractivity contribution in [3.8, 4) is 5.69 Å². The van der Waals surface area contributed by atoms with Crippen molar-refractivity contribution in [2.75, 3.05) is 6.67 Å². The molecule has 2 unspecified atom stereocenters. The number of carbonyl (C=O) groups is 1. The molecular formula is C14H14Cl2FN3O2. The molecule has 2 aromatic rings. The van der Waals surface area contributed by atoms with Crippen LogP contribution in [0.4, 0.5) is 4.39 Å². The summed E-state index contributed by atoms with van der Waals surface area (Å²) < 4.78 is 14.8. The number of benzene rings is 1. The summed E-state index contributed by atoms with van der Waals surface area (Å²) in [4.78, 5) is 14.0. The highest BCUT2D eigenvalue weighted by molar-refractivity contribution is 6.53. The number of aliphatic hydroxyl groups is 1. The van der Waals surface area contributed by atoms with E-state index in [0.29, 0.717) is 5.56 Å². The number of imidazole rings is 1. The van der Waals surface area contributed by atoms with Gasteiger partial charge in [-0.3, -0.25) is 4.79 Å². The number of rotatable bonds is 6. The van der Waals surface area contributed by atoms with E-state index >= 15 is 0 Å². The van der Waals surface area contributed by atoms with Crippen LogP contribution in [0, 0.1) is 0 Å². The molecule has 0 aliphatic heterocycles. The predicted molar refractivity (Wildman–Crippen MR) is 81.9 cm³/mol. The summed E-state index contributed by atoms with van der Waals surface area (Å²) in [5.74, 6) is -0.750. The highest BCUT2D eigenvalue weighted by Crippen LogP contribution is 2.20. The van der Waals surface area contributed by atoms with Gasteiger partial charge in [-0.25, -0.2) is 9.37 Å². The summed E-state index contributed by atoms with van der Waals surface area (Å²) in [5, 5.41) is 12.4. The maximum Gasteiger partial charge on any atom is 0.253 e. The van der Waals surface area contributed by atoms with Crippen LogP contribution < -0.4 is 5.32 Å². The Kier molecular flexibility index (Phi) is 5.76. The van der Waals surface area contributed by atoms with E-state index < -0.39 is 29.6 Å². The standard InChI is InChI=1S/C14H14Cl2FN3O2/c15-13(16)14(22)19-11(7-17)12(21)9-1-3-10(4-2-9)20-6-5-18-8-20/h1-6,8,11-13,21H,7H2,(H,19,22). The molecule has 0 spiro atoms. The number of alkyl halides is 3. The van der Waals surface area contributed by atoms with Gasteiger partial charge in [0.1, 0.15) is 12.8 Å². The van der Waals surface area contributed by atoms with E-state index in [2.05, 4.69) is 10.3 Å². The minimum absolute atomic E-state index is 0.465. The molecule has 0 saturated heterocycles. The van der Waals surface area contributed by atoms with Crippen molar-refractivity contribution in [1.29, 1.82) is 0 Å². The highest BCUT2D eigenvalue weighted by atomic mass is 35.5. The molecule has 1 heterocycles. The molecule has 0 saturated carbocycles. The molecule has 118 valence electrons. The van der Waals surface area contributed by atoms with E-state index in [1.807, 2.05) is 0 Å². The van der Waals surface area contributed by atoms with Crippen LogP contribution in [0.2, 0.25) is 0 Å². The SMILES string of the molecule is O=C(NC(CF)C(O)c1ccc(-n2ccnc2)cc1)C(Cl)Cl. The maximum atomic E-state index is 13.0. The van der Waals surface area contributed by atoms with E-state index in [-0.39, 0.29) is 0 Å². The van der Waals surface area contributed by atoms with Gasteiger partial charge in [0.15, 0.2) is 4.84 Å². The van der Waals surface area contributed by atoms with E-state index in [4.69, 9.17) is 23.2 Å². The van der Waals surface area contributed by atoms with Gasteiger partial charge in [-0.05, 0) is 17.7 Å². The Bertz CT molecular complexity index is 605. The second-order valence-electron chi connectivity index (χ2n) is 4.58. The van der Waals surface area contributed by atoms with Crippen LogP contribution in [0.25, 0.3) is 5.69 Å². The lowest BCUT2D eigenvalue weighted by molar-refractivity contribution is -0.121. The molecule has 1 aromatic heterocycles. The van der Waals surface area contributed by atoms with Gasteiger partial charge in [-0.2, -0.15) is 0 Å². The second kappa shape index (κ2) is 7.58. The fraction of sp³-hybridized carbons (Fsp3) is 0.286. The number of nitrogens with one attached hydrogen (secondary N) is 1. The monoisotopic (exact) mass is 345 g/mol. The molecule has 1 aromatic carbocycles. The molecule has 1 amide bonds. The van der Waals surface area contributed by atoms with Gasteiger partial charge in [-0.1, -0.05) is 35.3 Å². The molecule has 0 aliphatic rings. The summed E-state index contributed by atoms with van der Waals surface area (Å²) in [6.45, 7) is -0.948. The van der Waals surface area contributed by atoms with E-state index in [1.165, 1.54) is 0 Å². The van der Waals surface area contributed by atoms with Crippen molar-refractivity contribution in [2.45, 2.75) is 17.0 Å². The van der Waals surface area contributed by atoms with Crippen molar-refractivity contribution >= 4 is 29.1 Å². The van der Waals surface area contributed by atoms with Crippen molar-refractivity contribution in [2.24, 2.45) is 0 Å². The van der Waals surface area contributed by atoms with Crippen molar-refractivity contribution in [3.63, 3.8) is 0 Å². The number of halogens is 3. The molecule has 0 fully saturated rings. The first-order valence-electron chi connectivity index (χ1n) is 6.43. The Hall–Kier alpha value is -1.63. The molecule has 2 N–H and O–H groups in total. The molecular weight excluding hydrogens is 332 g/mol. The third kappa shape index (κ3) is 3.97. The number of nitrogens with zero attached hydrogens (tertiary/aromatic N) is 2. The van der Waals surface area contributed by atoms with Crippen molar-refractivity contribution in [1.82, 2.24) is 14.9 Å². The van der Waals surface area contributed by atoms with Crippen molar-refractivity contribution < 1.29 is 14.3 Å². The van der Waals surface area contributed by atoms with Crippen LogP contribution in [0.5, 0.6) is 0 Å². The molecule has 2 atom stereocenters. The van der Waals surface area contributed by atoms with Crippen LogP contribution in [0.15, 0.2) is 43.0 Å². The second-order valence-corrected chi connectivity index (χ2v) is 5.67. The number of carbonyl (C=O) groups excluding carboxylic acids is 1. The van der Waals surface area contributed by atoms with Gasteiger partial charge < -0.3 is 15.0 Å². The Balaban J connectivity index is 2.10. The number of aliphatic hydroxyl groups excluding tert-OH is 1. The molecule has 0 aliphatic carbocycles. The summed E-state index contributed by atoms with van der Waals surface area (Å²) in [7, 11) is 0. The number of hydrogen-bond acceptors (Lipinski definition) is 3. The number of amides is 1. The Morgan fingerprint density at radius 3 is 2.55 bits per heavy atom. The minimum Gasteiger partial charge on any atom is -0.386 e. The van der Waals surface area contributed by atoms with Crippen LogP contribution in [0.1, 0.15) is 11.7 Å². The first kappa shape index (κ1) is 16.7. The summed E-state index contributed by atoms with van der Waals surface area (Å²) in [6.07, 6.45) is 3.85. The summed E-state index contributed by atoms with van der Waals surface area (Å²) in [6, 6.07) is 5.68. The van der Waals surface area contributed by atoms with Gasteiger partial charge in [0.2, 0.25) is 0 Å². The molecule has 22 heavy (non-hydrogen) atoms. The van der Waals surface area contributed by atoms with Gasteiger partial charge >= 0.3 is 0 Å². The molecule has 8 heteroatoms. The Morgan fingerprint density at radius 1 is 1.36 bits per heavy atom. The molecule has 2 rings (SSSR count). The lowest BCUT2D eigenvalue weighted by atomic mass is 10.0. The van der Waals surface area contributed by atoms with Gasteiger partial charge in [0.05, 0.1) is 12.4 Å². The number of aromatic nitrogens is 2. The van der Waals surface area contributed by atoms with E-state index in [0.717, 1.165) is 5.69 Å². The zero-order valence-electron chi connectivity index (χ0n) is 11.4. The largest absolute Gasteiger partial charge is 0.386 e. The third-order valence-corrected chi connectivity index (χ3v) is 3.51. The molecule has 0 bridgehead atoms. The smallest absolute Gasteiger partial charge is 0.253 e. The maximum absolute atomic E-state index is 13.0. The van der Waals surface area contributed by atoms with Crippen LogP contribution in [-0.4, -0.2) is 38.1 Å². The lowest BCUT2D eigenvalue weighted by Gasteiger charge is -2.22. The first-order chi connectivity index (χ1) is 10.5. The van der Waals surface area contributed by atoms with Crippen LogP contribution in [-0.2, 0) is 4.79 Å². The average Bonchev–Trinajstić information content (AvgIpc) is 3.06. The van der Waals surface area contributed by atoms with Crippen molar-refractivity contribution in [3.05, 3.63) is 48.5 Å². The highest BCUT2D eigenvalue weighted by Gasteiger charge is 2.25. The average molecular weight is 346 g/mol. The van der Waals surface area contributed by atoms with Crippen LogP contribution >= 0.6 is 23.2 Å². The zero-order chi connectivity index (χ0) is 16.1. The number of hydrogen-bond donors (Lipinski definition) is 2. The van der Waals surface area contributed by atoms with Gasteiger partial charge in [0, 0.05) is 18.1 Å². The van der Waals surface area contributed by atoms with E-state index in [1.54, 1.807) is 47.6 Å². The van der Waals surface area contributed by atoms with E-state index in [9.17, 15) is 14.3 Å². The summed E-state index contributed by atoms with van der Waals surface area (Å²) >= 11 is 10.8. The normalized spacial score (nSPS) is 13.9.